The van der Waals surface area contributed by atoms with E-state index in [-0.39, 0.29) is 17.8 Å². The van der Waals surface area contributed by atoms with Gasteiger partial charge in [0.1, 0.15) is 5.69 Å². The number of nitrogen functional groups attached to an aromatic ring is 1. The number of ether oxygens (including phenoxy) is 1. The Kier molecular flexibility index (Phi) is 3.90. The smallest absolute Gasteiger partial charge is 0.267 e. The van der Waals surface area contributed by atoms with Gasteiger partial charge in [-0.15, -0.1) is 0 Å². The van der Waals surface area contributed by atoms with Gasteiger partial charge in [-0.05, 0) is 25.5 Å². The quantitative estimate of drug-likeness (QED) is 0.840. The van der Waals surface area contributed by atoms with Crippen LogP contribution in [0.3, 0.4) is 0 Å². The average molecular weight is 264 g/mol. The van der Waals surface area contributed by atoms with E-state index in [1.54, 1.807) is 12.1 Å². The van der Waals surface area contributed by atoms with Crippen molar-refractivity contribution in [1.82, 2.24) is 4.98 Å². The molecule has 1 aliphatic rings. The summed E-state index contributed by atoms with van der Waals surface area (Å²) >= 11 is 0. The topological polar surface area (TPSA) is 94.5 Å². The van der Waals surface area contributed by atoms with Gasteiger partial charge in [0.25, 0.3) is 5.91 Å². The molecule has 4 N–H and O–H groups in total. The van der Waals surface area contributed by atoms with E-state index in [2.05, 4.69) is 16.8 Å². The van der Waals surface area contributed by atoms with Crippen molar-refractivity contribution in [1.29, 1.82) is 0 Å². The Morgan fingerprint density at radius 2 is 2.32 bits per heavy atom. The van der Waals surface area contributed by atoms with Crippen molar-refractivity contribution in [3.05, 3.63) is 17.8 Å². The Morgan fingerprint density at radius 1 is 1.58 bits per heavy atom. The van der Waals surface area contributed by atoms with Crippen molar-refractivity contribution in [3.8, 4) is 0 Å². The molecule has 1 fully saturated rings. The molecule has 0 saturated carbocycles. The summed E-state index contributed by atoms with van der Waals surface area (Å²) in [6.07, 6.45) is 1.04. The SMILES string of the molecule is CCC1COC(C)CN1c1nc(C(N)=O)ccc1N. The predicted molar refractivity (Wildman–Crippen MR) is 74.0 cm³/mol. The summed E-state index contributed by atoms with van der Waals surface area (Å²) in [5.41, 5.74) is 12.0. The molecule has 1 aromatic heterocycles. The lowest BCUT2D eigenvalue weighted by Crippen LogP contribution is -2.49. The van der Waals surface area contributed by atoms with E-state index in [4.69, 9.17) is 16.2 Å². The van der Waals surface area contributed by atoms with Crippen LogP contribution in [0.4, 0.5) is 11.5 Å². The van der Waals surface area contributed by atoms with E-state index in [1.807, 2.05) is 6.92 Å². The van der Waals surface area contributed by atoms with Crippen LogP contribution in [0, 0.1) is 0 Å². The Bertz CT molecular complexity index is 478. The number of anilines is 2. The van der Waals surface area contributed by atoms with E-state index in [9.17, 15) is 4.79 Å². The lowest BCUT2D eigenvalue weighted by Gasteiger charge is -2.39. The third kappa shape index (κ3) is 2.78. The molecule has 0 bridgehead atoms. The second kappa shape index (κ2) is 5.44. The molecular weight excluding hydrogens is 244 g/mol. The first kappa shape index (κ1) is 13.6. The minimum absolute atomic E-state index is 0.112. The first-order valence-electron chi connectivity index (χ1n) is 6.47. The lowest BCUT2D eigenvalue weighted by molar-refractivity contribution is 0.0297. The molecule has 2 unspecified atom stereocenters. The number of hydrogen-bond acceptors (Lipinski definition) is 5. The van der Waals surface area contributed by atoms with Crippen LogP contribution in [0.25, 0.3) is 0 Å². The number of carbonyl (C=O) groups is 1. The minimum atomic E-state index is -0.546. The molecule has 6 heteroatoms. The number of nitrogens with two attached hydrogens (primary N) is 2. The molecule has 1 aromatic rings. The first-order valence-corrected chi connectivity index (χ1v) is 6.47. The van der Waals surface area contributed by atoms with Crippen LogP contribution < -0.4 is 16.4 Å². The van der Waals surface area contributed by atoms with Gasteiger partial charge in [-0.2, -0.15) is 0 Å². The van der Waals surface area contributed by atoms with Crippen LogP contribution >= 0.6 is 0 Å². The predicted octanol–water partition coefficient (Wildman–Crippen LogP) is 0.766. The number of nitrogens with zero attached hydrogens (tertiary/aromatic N) is 2. The number of rotatable bonds is 3. The molecule has 6 nitrogen and oxygen atoms in total. The normalized spacial score (nSPS) is 23.4. The molecule has 1 amide bonds. The van der Waals surface area contributed by atoms with Crippen LogP contribution in [0.1, 0.15) is 30.8 Å². The molecule has 0 aliphatic carbocycles. The molecule has 1 aliphatic heterocycles. The second-order valence-corrected chi connectivity index (χ2v) is 4.83. The molecule has 19 heavy (non-hydrogen) atoms. The standard InChI is InChI=1S/C13H20N4O2/c1-3-9-7-19-8(2)6-17(9)13-10(14)4-5-11(16-13)12(15)18/h4-5,8-9H,3,6-7,14H2,1-2H3,(H2,15,18). The van der Waals surface area contributed by atoms with Gasteiger partial charge < -0.3 is 21.1 Å². The van der Waals surface area contributed by atoms with Crippen LogP contribution in [0.15, 0.2) is 12.1 Å². The number of carbonyl (C=O) groups excluding carboxylic acids is 1. The molecule has 2 atom stereocenters. The maximum Gasteiger partial charge on any atom is 0.267 e. The van der Waals surface area contributed by atoms with Gasteiger partial charge in [0, 0.05) is 6.54 Å². The maximum absolute atomic E-state index is 11.2. The molecular formula is C13H20N4O2. The van der Waals surface area contributed by atoms with Crippen LogP contribution in [0.2, 0.25) is 0 Å². The van der Waals surface area contributed by atoms with Crippen molar-refractivity contribution >= 4 is 17.4 Å². The lowest BCUT2D eigenvalue weighted by atomic mass is 10.1. The van der Waals surface area contributed by atoms with Gasteiger partial charge in [0.05, 0.1) is 24.4 Å². The highest BCUT2D eigenvalue weighted by Crippen LogP contribution is 2.27. The number of aromatic nitrogens is 1. The van der Waals surface area contributed by atoms with Crippen molar-refractivity contribution in [2.75, 3.05) is 23.8 Å². The number of pyridine rings is 1. The van der Waals surface area contributed by atoms with Crippen molar-refractivity contribution < 1.29 is 9.53 Å². The summed E-state index contributed by atoms with van der Waals surface area (Å²) in [5.74, 6) is 0.0777. The van der Waals surface area contributed by atoms with Gasteiger partial charge in [-0.1, -0.05) is 6.92 Å². The van der Waals surface area contributed by atoms with E-state index >= 15 is 0 Å². The summed E-state index contributed by atoms with van der Waals surface area (Å²) in [4.78, 5) is 17.6. The molecule has 1 saturated heterocycles. The molecule has 0 spiro atoms. The monoisotopic (exact) mass is 264 g/mol. The van der Waals surface area contributed by atoms with Gasteiger partial charge >= 0.3 is 0 Å². The average Bonchev–Trinajstić information content (AvgIpc) is 2.39. The van der Waals surface area contributed by atoms with Gasteiger partial charge in [0.2, 0.25) is 0 Å². The molecule has 2 rings (SSSR count). The summed E-state index contributed by atoms with van der Waals surface area (Å²) in [6.45, 7) is 5.44. The number of primary amides is 1. The van der Waals surface area contributed by atoms with Gasteiger partial charge in [-0.3, -0.25) is 4.79 Å². The second-order valence-electron chi connectivity index (χ2n) is 4.83. The Balaban J connectivity index is 2.37. The Labute approximate surface area is 112 Å². The van der Waals surface area contributed by atoms with E-state index in [1.165, 1.54) is 0 Å². The highest BCUT2D eigenvalue weighted by molar-refractivity contribution is 5.91. The van der Waals surface area contributed by atoms with Crippen LogP contribution in [0.5, 0.6) is 0 Å². The zero-order chi connectivity index (χ0) is 14.0. The zero-order valence-corrected chi connectivity index (χ0v) is 11.3. The summed E-state index contributed by atoms with van der Waals surface area (Å²) < 4.78 is 5.65. The third-order valence-electron chi connectivity index (χ3n) is 3.37. The number of hydrogen-bond donors (Lipinski definition) is 2. The van der Waals surface area contributed by atoms with Crippen LogP contribution in [-0.4, -0.2) is 36.2 Å². The van der Waals surface area contributed by atoms with Crippen molar-refractivity contribution in [3.63, 3.8) is 0 Å². The number of amides is 1. The first-order chi connectivity index (χ1) is 9.02. The van der Waals surface area contributed by atoms with Crippen molar-refractivity contribution in [2.24, 2.45) is 5.73 Å². The Hall–Kier alpha value is -1.82. The molecule has 104 valence electrons. The third-order valence-corrected chi connectivity index (χ3v) is 3.37. The fourth-order valence-electron chi connectivity index (χ4n) is 2.27. The molecule has 0 radical (unpaired) electrons. The van der Waals surface area contributed by atoms with E-state index in [0.29, 0.717) is 24.7 Å². The maximum atomic E-state index is 11.2. The molecule has 0 aromatic carbocycles. The van der Waals surface area contributed by atoms with Crippen LogP contribution in [-0.2, 0) is 4.74 Å². The van der Waals surface area contributed by atoms with Crippen molar-refractivity contribution in [2.45, 2.75) is 32.4 Å². The summed E-state index contributed by atoms with van der Waals surface area (Å²) in [5, 5.41) is 0. The largest absolute Gasteiger partial charge is 0.396 e. The zero-order valence-electron chi connectivity index (χ0n) is 11.3. The highest BCUT2D eigenvalue weighted by Gasteiger charge is 2.28. The van der Waals surface area contributed by atoms with E-state index in [0.717, 1.165) is 6.42 Å². The fraction of sp³-hybridized carbons (Fsp3) is 0.538. The highest BCUT2D eigenvalue weighted by atomic mass is 16.5. The number of morpholine rings is 1. The minimum Gasteiger partial charge on any atom is -0.396 e. The van der Waals surface area contributed by atoms with E-state index < -0.39 is 5.91 Å². The molecule has 2 heterocycles. The fourth-order valence-corrected chi connectivity index (χ4v) is 2.27. The van der Waals surface area contributed by atoms with Gasteiger partial charge in [0.15, 0.2) is 5.82 Å². The summed E-state index contributed by atoms with van der Waals surface area (Å²) in [6, 6.07) is 3.44. The van der Waals surface area contributed by atoms with Gasteiger partial charge in [-0.25, -0.2) is 4.98 Å². The Morgan fingerprint density at radius 3 is 2.95 bits per heavy atom. The summed E-state index contributed by atoms with van der Waals surface area (Å²) in [7, 11) is 0.